The lowest BCUT2D eigenvalue weighted by atomic mass is 9.73. The molecule has 1 spiro atoms. The summed E-state index contributed by atoms with van der Waals surface area (Å²) in [6.07, 6.45) is 3.28. The Kier molecular flexibility index (Phi) is 3.98. The molecule has 0 saturated carbocycles. The van der Waals surface area contributed by atoms with Gasteiger partial charge in [0.25, 0.3) is 0 Å². The molecule has 19 heavy (non-hydrogen) atoms. The Balaban J connectivity index is 2.12. The van der Waals surface area contributed by atoms with E-state index in [0.717, 1.165) is 10.9 Å². The van der Waals surface area contributed by atoms with E-state index in [0.29, 0.717) is 18.9 Å². The molecule has 4 heteroatoms. The Morgan fingerprint density at radius 1 is 1.58 bits per heavy atom. The maximum Gasteiger partial charge on any atom is 0.171 e. The predicted octanol–water partition coefficient (Wildman–Crippen LogP) is 3.06. The van der Waals surface area contributed by atoms with Crippen LogP contribution in [0.3, 0.4) is 0 Å². The van der Waals surface area contributed by atoms with Gasteiger partial charge in [0.2, 0.25) is 0 Å². The van der Waals surface area contributed by atoms with Crippen molar-refractivity contribution in [2.75, 3.05) is 6.61 Å². The first-order chi connectivity index (χ1) is 8.68. The van der Waals surface area contributed by atoms with E-state index in [1.165, 1.54) is 0 Å². The monoisotopic (exact) mass is 330 g/mol. The number of allylic oxidation sites excluding steroid dienone is 1. The number of hydrogen-bond acceptors (Lipinski definition) is 3. The van der Waals surface area contributed by atoms with Crippen LogP contribution >= 0.6 is 15.9 Å². The van der Waals surface area contributed by atoms with E-state index in [2.05, 4.69) is 29.8 Å². The number of carbonyl (C=O) groups excluding carboxylic acids is 1. The molecule has 108 valence electrons. The maximum absolute atomic E-state index is 12.0. The summed E-state index contributed by atoms with van der Waals surface area (Å²) in [4.78, 5) is 12.0. The normalized spacial score (nSPS) is 34.1. The quantitative estimate of drug-likeness (QED) is 0.806. The van der Waals surface area contributed by atoms with E-state index in [-0.39, 0.29) is 17.6 Å². The van der Waals surface area contributed by atoms with Crippen LogP contribution in [0.2, 0.25) is 0 Å². The van der Waals surface area contributed by atoms with Crippen LogP contribution in [0.25, 0.3) is 0 Å². The highest BCUT2D eigenvalue weighted by molar-refractivity contribution is 9.11. The molecule has 0 amide bonds. The summed E-state index contributed by atoms with van der Waals surface area (Å²) in [5, 5.41) is 10.1. The standard InChI is InChI=1S/C15H23BrO3/c1-9(10(2)14(3,4)18)7-11-12(16)5-6-13(17)15(11)8-19-15/h5,9-11,18H,6-8H2,1-4H3/t9?,10-,11?,15+/m0/s1. The van der Waals surface area contributed by atoms with Gasteiger partial charge in [-0.3, -0.25) is 4.79 Å². The first-order valence-electron chi connectivity index (χ1n) is 6.93. The Morgan fingerprint density at radius 2 is 2.16 bits per heavy atom. The first kappa shape index (κ1) is 15.2. The molecule has 2 unspecified atom stereocenters. The third-order valence-electron chi connectivity index (χ3n) is 4.88. The number of ether oxygens (including phenoxy) is 1. The molecule has 1 heterocycles. The largest absolute Gasteiger partial charge is 0.390 e. The van der Waals surface area contributed by atoms with Crippen molar-refractivity contribution < 1.29 is 14.6 Å². The van der Waals surface area contributed by atoms with Crippen molar-refractivity contribution in [2.45, 2.75) is 51.7 Å². The lowest BCUT2D eigenvalue weighted by molar-refractivity contribution is -0.125. The average molecular weight is 331 g/mol. The van der Waals surface area contributed by atoms with Crippen molar-refractivity contribution in [3.8, 4) is 0 Å². The molecule has 1 fully saturated rings. The zero-order chi connectivity index (χ0) is 14.4. The van der Waals surface area contributed by atoms with E-state index < -0.39 is 11.2 Å². The number of epoxide rings is 1. The molecular weight excluding hydrogens is 308 g/mol. The van der Waals surface area contributed by atoms with Gasteiger partial charge < -0.3 is 9.84 Å². The molecule has 0 aromatic rings. The summed E-state index contributed by atoms with van der Waals surface area (Å²) in [7, 11) is 0. The smallest absolute Gasteiger partial charge is 0.171 e. The second-order valence-electron chi connectivity index (χ2n) is 6.60. The van der Waals surface area contributed by atoms with Gasteiger partial charge in [-0.1, -0.05) is 35.9 Å². The minimum atomic E-state index is -0.703. The summed E-state index contributed by atoms with van der Waals surface area (Å²) in [6.45, 7) is 8.43. The van der Waals surface area contributed by atoms with Crippen LogP contribution < -0.4 is 0 Å². The highest BCUT2D eigenvalue weighted by Crippen LogP contribution is 2.49. The SMILES string of the molecule is CC(CC1C(Br)=CCC(=O)[C@@]12CO2)[C@H](C)C(C)(C)O. The second-order valence-corrected chi connectivity index (χ2v) is 7.52. The highest BCUT2D eigenvalue weighted by Gasteiger charge is 2.59. The molecular formula is C15H23BrO3. The number of halogens is 1. The van der Waals surface area contributed by atoms with E-state index in [1.54, 1.807) is 0 Å². The molecule has 2 aliphatic rings. The molecule has 2 rings (SSSR count). The van der Waals surface area contributed by atoms with Gasteiger partial charge >= 0.3 is 0 Å². The van der Waals surface area contributed by atoms with Crippen LogP contribution in [-0.4, -0.2) is 28.7 Å². The van der Waals surface area contributed by atoms with E-state index in [9.17, 15) is 9.90 Å². The lowest BCUT2D eigenvalue weighted by Crippen LogP contribution is -2.40. The van der Waals surface area contributed by atoms with Crippen molar-refractivity contribution in [3.05, 3.63) is 10.6 Å². The van der Waals surface area contributed by atoms with Crippen LogP contribution in [0.4, 0.5) is 0 Å². The van der Waals surface area contributed by atoms with Gasteiger partial charge in [0.1, 0.15) is 0 Å². The second kappa shape index (κ2) is 4.97. The van der Waals surface area contributed by atoms with Gasteiger partial charge in [-0.05, 0) is 36.6 Å². The van der Waals surface area contributed by atoms with Crippen molar-refractivity contribution in [1.82, 2.24) is 0 Å². The fourth-order valence-electron chi connectivity index (χ4n) is 2.94. The van der Waals surface area contributed by atoms with E-state index in [1.807, 2.05) is 19.9 Å². The molecule has 0 radical (unpaired) electrons. The topological polar surface area (TPSA) is 49.8 Å². The molecule has 0 bridgehead atoms. The van der Waals surface area contributed by atoms with Gasteiger partial charge in [-0.25, -0.2) is 0 Å². The summed E-state index contributed by atoms with van der Waals surface area (Å²) >= 11 is 3.59. The van der Waals surface area contributed by atoms with Crippen LogP contribution in [0.15, 0.2) is 10.6 Å². The number of aliphatic hydroxyl groups is 1. The summed E-state index contributed by atoms with van der Waals surface area (Å²) in [5.41, 5.74) is -1.27. The number of hydrogen-bond donors (Lipinski definition) is 1. The van der Waals surface area contributed by atoms with Crippen molar-refractivity contribution in [1.29, 1.82) is 0 Å². The van der Waals surface area contributed by atoms with Gasteiger partial charge in [-0.2, -0.15) is 0 Å². The molecule has 3 nitrogen and oxygen atoms in total. The fraction of sp³-hybridized carbons (Fsp3) is 0.800. The number of carbonyl (C=O) groups is 1. The zero-order valence-electron chi connectivity index (χ0n) is 12.1. The third-order valence-corrected chi connectivity index (χ3v) is 5.76. The van der Waals surface area contributed by atoms with Crippen molar-refractivity contribution in [3.63, 3.8) is 0 Å². The fourth-order valence-corrected chi connectivity index (χ4v) is 3.66. The predicted molar refractivity (Wildman–Crippen MR) is 78.0 cm³/mol. The highest BCUT2D eigenvalue weighted by atomic mass is 79.9. The summed E-state index contributed by atoms with van der Waals surface area (Å²) in [6, 6.07) is 0. The molecule has 1 aliphatic heterocycles. The molecule has 1 N–H and O–H groups in total. The van der Waals surface area contributed by atoms with Crippen LogP contribution in [0.5, 0.6) is 0 Å². The van der Waals surface area contributed by atoms with Gasteiger partial charge in [0.15, 0.2) is 11.4 Å². The molecule has 0 aromatic carbocycles. The number of rotatable bonds is 4. The Hall–Kier alpha value is -0.190. The molecule has 1 saturated heterocycles. The minimum Gasteiger partial charge on any atom is -0.390 e. The Labute approximate surface area is 123 Å². The van der Waals surface area contributed by atoms with Gasteiger partial charge in [0.05, 0.1) is 12.2 Å². The van der Waals surface area contributed by atoms with Crippen molar-refractivity contribution in [2.24, 2.45) is 17.8 Å². The van der Waals surface area contributed by atoms with Crippen LogP contribution in [0, 0.1) is 17.8 Å². The van der Waals surface area contributed by atoms with Gasteiger partial charge in [0, 0.05) is 12.3 Å². The Bertz CT molecular complexity index is 404. The molecule has 4 atom stereocenters. The number of ketones is 1. The van der Waals surface area contributed by atoms with Crippen molar-refractivity contribution >= 4 is 21.7 Å². The summed E-state index contributed by atoms with van der Waals surface area (Å²) in [5.74, 6) is 0.788. The lowest BCUT2D eigenvalue weighted by Gasteiger charge is -2.35. The zero-order valence-corrected chi connectivity index (χ0v) is 13.7. The maximum atomic E-state index is 12.0. The first-order valence-corrected chi connectivity index (χ1v) is 7.73. The van der Waals surface area contributed by atoms with Gasteiger partial charge in [-0.15, -0.1) is 0 Å². The molecule has 0 aromatic heterocycles. The Morgan fingerprint density at radius 3 is 2.63 bits per heavy atom. The average Bonchev–Trinajstić information content (AvgIpc) is 3.09. The van der Waals surface area contributed by atoms with Crippen LogP contribution in [-0.2, 0) is 9.53 Å². The number of Topliss-reactive ketones (excluding diaryl/α,β-unsaturated/α-hetero) is 1. The third kappa shape index (κ3) is 2.81. The van der Waals surface area contributed by atoms with E-state index >= 15 is 0 Å². The molecule has 1 aliphatic carbocycles. The summed E-state index contributed by atoms with van der Waals surface area (Å²) < 4.78 is 6.60. The van der Waals surface area contributed by atoms with E-state index in [4.69, 9.17) is 4.74 Å². The van der Waals surface area contributed by atoms with Crippen LogP contribution in [0.1, 0.15) is 40.5 Å². The minimum absolute atomic E-state index is 0.105.